The number of allylic oxidation sites excluding steroid dienone is 1. The summed E-state index contributed by atoms with van der Waals surface area (Å²) in [6.07, 6.45) is 6.55. The lowest BCUT2D eigenvalue weighted by Crippen LogP contribution is -2.53. The van der Waals surface area contributed by atoms with Gasteiger partial charge in [-0.15, -0.1) is 0 Å². The van der Waals surface area contributed by atoms with Gasteiger partial charge in [-0.1, -0.05) is 57.5 Å². The number of halogens is 2. The highest BCUT2D eigenvalue weighted by Gasteiger charge is 2.47. The largest absolute Gasteiger partial charge is 0.456 e. The first-order valence-electron chi connectivity index (χ1n) is 12.8. The van der Waals surface area contributed by atoms with Crippen LogP contribution in [0.3, 0.4) is 0 Å². The van der Waals surface area contributed by atoms with Crippen molar-refractivity contribution >= 4 is 45.4 Å². The number of fused-ring (bicyclic) bond motifs is 1. The molecule has 0 bridgehead atoms. The fraction of sp³-hybridized carbons (Fsp3) is 0.367. The highest BCUT2D eigenvalue weighted by atomic mass is 79.9. The van der Waals surface area contributed by atoms with E-state index in [2.05, 4.69) is 40.1 Å². The van der Waals surface area contributed by atoms with E-state index >= 15 is 0 Å². The van der Waals surface area contributed by atoms with Crippen LogP contribution in [-0.2, 0) is 9.59 Å². The Morgan fingerprint density at radius 3 is 2.68 bits per heavy atom. The van der Waals surface area contributed by atoms with Crippen molar-refractivity contribution in [2.45, 2.75) is 58.7 Å². The number of carbonyl (C=O) groups is 2. The highest BCUT2D eigenvalue weighted by Crippen LogP contribution is 2.47. The normalized spacial score (nSPS) is 24.0. The number of ether oxygens (including phenoxy) is 1. The molecule has 2 heterocycles. The van der Waals surface area contributed by atoms with Crippen molar-refractivity contribution in [1.82, 2.24) is 10.2 Å². The third-order valence-electron chi connectivity index (χ3n) is 7.20. The number of para-hydroxylation sites is 1. The van der Waals surface area contributed by atoms with Gasteiger partial charge in [0.05, 0.1) is 22.6 Å². The van der Waals surface area contributed by atoms with Crippen molar-refractivity contribution < 1.29 is 14.3 Å². The molecule has 1 amide bonds. The standard InChI is InChI=1S/C30H31BrClN3O3/c1-17(2)29(37)35-24-11-12-33-16-23(24)34-22-14-30(3,4)15-25(36)27(22)28(35)19-10-9-18(13-21(19)32)38-26-8-6-5-7-20(26)31/h5-13,16-17,23-24,28,34H,14-15H2,1-4H3. The minimum absolute atomic E-state index is 0.0273. The van der Waals surface area contributed by atoms with E-state index in [1.54, 1.807) is 12.3 Å². The molecule has 1 aliphatic carbocycles. The minimum atomic E-state index is -0.646. The maximum Gasteiger partial charge on any atom is 0.226 e. The third kappa shape index (κ3) is 5.06. The Labute approximate surface area is 236 Å². The first kappa shape index (κ1) is 26.7. The quantitative estimate of drug-likeness (QED) is 0.413. The summed E-state index contributed by atoms with van der Waals surface area (Å²) < 4.78 is 6.90. The van der Waals surface area contributed by atoms with E-state index in [1.165, 1.54) is 0 Å². The summed E-state index contributed by atoms with van der Waals surface area (Å²) in [5.41, 5.74) is 1.96. The Bertz CT molecular complexity index is 1380. The predicted molar refractivity (Wildman–Crippen MR) is 153 cm³/mol. The van der Waals surface area contributed by atoms with Gasteiger partial charge in [0, 0.05) is 41.0 Å². The first-order valence-corrected chi connectivity index (χ1v) is 14.0. The van der Waals surface area contributed by atoms with Gasteiger partial charge in [-0.3, -0.25) is 14.6 Å². The Hall–Kier alpha value is -2.90. The van der Waals surface area contributed by atoms with Crippen LogP contribution in [0.25, 0.3) is 0 Å². The van der Waals surface area contributed by atoms with E-state index in [1.807, 2.05) is 67.4 Å². The summed E-state index contributed by atoms with van der Waals surface area (Å²) in [5, 5.41) is 4.02. The van der Waals surface area contributed by atoms with Gasteiger partial charge in [0.25, 0.3) is 0 Å². The number of hydrogen-bond acceptors (Lipinski definition) is 5. The van der Waals surface area contributed by atoms with Crippen LogP contribution >= 0.6 is 27.5 Å². The number of rotatable bonds is 4. The lowest BCUT2D eigenvalue weighted by atomic mass is 9.73. The van der Waals surface area contributed by atoms with Gasteiger partial charge in [0.2, 0.25) is 5.91 Å². The minimum Gasteiger partial charge on any atom is -0.456 e. The fourth-order valence-electron chi connectivity index (χ4n) is 5.49. The van der Waals surface area contributed by atoms with Gasteiger partial charge in [-0.25, -0.2) is 0 Å². The third-order valence-corrected chi connectivity index (χ3v) is 8.18. The van der Waals surface area contributed by atoms with Crippen LogP contribution < -0.4 is 10.1 Å². The average Bonchev–Trinajstić information content (AvgIpc) is 2.98. The Kier molecular flexibility index (Phi) is 7.27. The predicted octanol–water partition coefficient (Wildman–Crippen LogP) is 7.00. The zero-order valence-corrected chi connectivity index (χ0v) is 24.2. The van der Waals surface area contributed by atoms with Crippen molar-refractivity contribution in [2.75, 3.05) is 0 Å². The molecule has 0 radical (unpaired) electrons. The van der Waals surface area contributed by atoms with Crippen molar-refractivity contribution in [3.63, 3.8) is 0 Å². The number of nitrogens with one attached hydrogen (secondary N) is 1. The molecule has 3 atom stereocenters. The van der Waals surface area contributed by atoms with E-state index in [4.69, 9.17) is 16.3 Å². The van der Waals surface area contributed by atoms with Crippen LogP contribution in [0, 0.1) is 11.3 Å². The topological polar surface area (TPSA) is 71.0 Å². The van der Waals surface area contributed by atoms with Gasteiger partial charge < -0.3 is 15.0 Å². The zero-order valence-electron chi connectivity index (χ0n) is 21.9. The maximum atomic E-state index is 13.9. The molecule has 38 heavy (non-hydrogen) atoms. The summed E-state index contributed by atoms with van der Waals surface area (Å²) in [7, 11) is 0. The van der Waals surface area contributed by atoms with Gasteiger partial charge in [0.1, 0.15) is 11.5 Å². The molecular formula is C30H31BrClN3O3. The summed E-state index contributed by atoms with van der Waals surface area (Å²) in [5.74, 6) is 0.921. The summed E-state index contributed by atoms with van der Waals surface area (Å²) >= 11 is 10.5. The molecule has 5 rings (SSSR count). The molecule has 2 aromatic rings. The number of Topliss-reactive ketones (excluding diaryl/α,β-unsaturated/α-hetero) is 1. The van der Waals surface area contributed by atoms with Crippen LogP contribution in [0.2, 0.25) is 5.02 Å². The van der Waals surface area contributed by atoms with Crippen LogP contribution in [0.1, 0.15) is 52.1 Å². The highest BCUT2D eigenvalue weighted by molar-refractivity contribution is 9.10. The lowest BCUT2D eigenvalue weighted by molar-refractivity contribution is -0.138. The molecule has 0 fully saturated rings. The van der Waals surface area contributed by atoms with Crippen LogP contribution in [0.5, 0.6) is 11.5 Å². The number of aliphatic imine (C=N–C) groups is 1. The van der Waals surface area contributed by atoms with Crippen molar-refractivity contribution in [3.05, 3.63) is 81.1 Å². The molecule has 8 heteroatoms. The molecule has 0 saturated carbocycles. The van der Waals surface area contributed by atoms with E-state index in [0.717, 1.165) is 10.2 Å². The van der Waals surface area contributed by atoms with Crippen molar-refractivity contribution in [3.8, 4) is 11.5 Å². The smallest absolute Gasteiger partial charge is 0.226 e. The van der Waals surface area contributed by atoms with Gasteiger partial charge in [0.15, 0.2) is 5.78 Å². The van der Waals surface area contributed by atoms with Crippen LogP contribution in [0.15, 0.2) is 75.5 Å². The molecule has 3 unspecified atom stereocenters. The second kappa shape index (κ2) is 10.3. The van der Waals surface area contributed by atoms with Crippen LogP contribution in [-0.4, -0.2) is 34.9 Å². The number of nitrogens with zero attached hydrogens (tertiary/aromatic N) is 2. The second-order valence-electron chi connectivity index (χ2n) is 11.2. The summed E-state index contributed by atoms with van der Waals surface area (Å²) in [6.45, 7) is 7.95. The number of amides is 1. The molecule has 6 nitrogen and oxygen atoms in total. The average molecular weight is 597 g/mol. The van der Waals surface area contributed by atoms with Crippen molar-refractivity contribution in [1.29, 1.82) is 0 Å². The Morgan fingerprint density at radius 2 is 1.97 bits per heavy atom. The number of benzene rings is 2. The Balaban J connectivity index is 1.66. The van der Waals surface area contributed by atoms with E-state index in [9.17, 15) is 9.59 Å². The van der Waals surface area contributed by atoms with Crippen LogP contribution in [0.4, 0.5) is 0 Å². The molecule has 2 aromatic carbocycles. The SMILES string of the molecule is CC(C)C(=O)N1C(c2ccc(Oc3ccccc3Br)cc2Cl)C2=C(CC(C)(C)CC2=O)NC2C=NC=CC21. The molecule has 0 aromatic heterocycles. The van der Waals surface area contributed by atoms with Gasteiger partial charge in [-0.05, 0) is 63.7 Å². The number of hydrogen-bond donors (Lipinski definition) is 1. The molecule has 1 N–H and O–H groups in total. The maximum absolute atomic E-state index is 13.9. The lowest BCUT2D eigenvalue weighted by Gasteiger charge is -2.40. The number of carbonyl (C=O) groups excluding carboxylic acids is 2. The summed E-state index contributed by atoms with van der Waals surface area (Å²) in [6, 6.07) is 11.8. The molecule has 0 spiro atoms. The Morgan fingerprint density at radius 1 is 1.21 bits per heavy atom. The molecule has 3 aliphatic rings. The number of ketones is 1. The van der Waals surface area contributed by atoms with E-state index in [-0.39, 0.29) is 35.1 Å². The molecule has 0 saturated heterocycles. The molecule has 2 aliphatic heterocycles. The second-order valence-corrected chi connectivity index (χ2v) is 12.4. The molecular weight excluding hydrogens is 566 g/mol. The first-order chi connectivity index (χ1) is 18.1. The zero-order chi connectivity index (χ0) is 27.2. The van der Waals surface area contributed by atoms with Crippen molar-refractivity contribution in [2.24, 2.45) is 16.3 Å². The summed E-state index contributed by atoms with van der Waals surface area (Å²) in [4.78, 5) is 33.9. The van der Waals surface area contributed by atoms with Gasteiger partial charge >= 0.3 is 0 Å². The molecule has 198 valence electrons. The van der Waals surface area contributed by atoms with E-state index < -0.39 is 6.04 Å². The van der Waals surface area contributed by atoms with Gasteiger partial charge in [-0.2, -0.15) is 0 Å². The van der Waals surface area contributed by atoms with E-state index in [0.29, 0.717) is 40.5 Å². The monoisotopic (exact) mass is 595 g/mol. The fourth-order valence-corrected chi connectivity index (χ4v) is 6.13.